The van der Waals surface area contributed by atoms with E-state index >= 15 is 0 Å². The molecule has 0 atom stereocenters. The van der Waals surface area contributed by atoms with Crippen LogP contribution in [0.5, 0.6) is 5.75 Å². The van der Waals surface area contributed by atoms with Crippen LogP contribution in [0.1, 0.15) is 18.1 Å². The molecule has 6 heteroatoms. The smallest absolute Gasteiger partial charge is 0.309 e. The number of carbonyl (C=O) groups is 1. The zero-order valence-corrected chi connectivity index (χ0v) is 16.4. The number of halogens is 1. The predicted octanol–water partition coefficient (Wildman–Crippen LogP) is 3.89. The maximum Gasteiger partial charge on any atom is 0.309 e. The van der Waals surface area contributed by atoms with Gasteiger partial charge in [0, 0.05) is 44.5 Å². The number of methoxy groups -OCH3 is 1. The van der Waals surface area contributed by atoms with Gasteiger partial charge in [0.05, 0.1) is 18.1 Å². The minimum absolute atomic E-state index is 0.219. The lowest BCUT2D eigenvalue weighted by atomic mass is 9.99. The number of ether oxygens (including phenoxy) is 1. The highest BCUT2D eigenvalue weighted by Crippen LogP contribution is 2.30. The monoisotopic (exact) mass is 388 g/mol. The van der Waals surface area contributed by atoms with Crippen LogP contribution in [0.4, 0.5) is 5.69 Å². The second-order valence-corrected chi connectivity index (χ2v) is 7.29. The van der Waals surface area contributed by atoms with E-state index in [0.717, 1.165) is 25.3 Å². The summed E-state index contributed by atoms with van der Waals surface area (Å²) in [5.74, 6) is -0.243. The van der Waals surface area contributed by atoms with Crippen molar-refractivity contribution in [3.63, 3.8) is 0 Å². The molecule has 2 aromatic rings. The first-order valence-corrected chi connectivity index (χ1v) is 9.49. The molecular weight excluding hydrogens is 364 g/mol. The van der Waals surface area contributed by atoms with E-state index in [2.05, 4.69) is 41.0 Å². The van der Waals surface area contributed by atoms with E-state index in [1.54, 1.807) is 7.11 Å². The maximum atomic E-state index is 10.9. The van der Waals surface area contributed by atoms with Crippen LogP contribution in [0, 0.1) is 5.92 Å². The molecule has 0 aromatic heterocycles. The molecular formula is C21H25ClN2O3. The van der Waals surface area contributed by atoms with Crippen LogP contribution >= 0.6 is 11.6 Å². The molecule has 0 spiro atoms. The Balaban J connectivity index is 1.66. The number of anilines is 1. The van der Waals surface area contributed by atoms with Gasteiger partial charge in [0.2, 0.25) is 0 Å². The highest BCUT2D eigenvalue weighted by molar-refractivity contribution is 6.32. The van der Waals surface area contributed by atoms with Crippen molar-refractivity contribution in [3.8, 4) is 5.75 Å². The molecule has 3 rings (SSSR count). The lowest BCUT2D eigenvalue weighted by Gasteiger charge is -2.36. The molecule has 0 amide bonds. The fourth-order valence-electron chi connectivity index (χ4n) is 3.39. The molecule has 1 N–H and O–H groups in total. The zero-order valence-electron chi connectivity index (χ0n) is 15.7. The third-order valence-corrected chi connectivity index (χ3v) is 5.27. The summed E-state index contributed by atoms with van der Waals surface area (Å²) in [6.07, 6.45) is 0. The summed E-state index contributed by atoms with van der Waals surface area (Å²) < 4.78 is 5.33. The van der Waals surface area contributed by atoms with Crippen LogP contribution in [0.15, 0.2) is 42.5 Å². The number of carboxylic acid groups (broad SMARTS) is 1. The normalized spacial score (nSPS) is 14.6. The van der Waals surface area contributed by atoms with Gasteiger partial charge < -0.3 is 14.7 Å². The zero-order chi connectivity index (χ0) is 19.4. The second kappa shape index (κ2) is 8.63. The van der Waals surface area contributed by atoms with Crippen LogP contribution in [0.3, 0.4) is 0 Å². The number of benzene rings is 2. The molecule has 27 heavy (non-hydrogen) atoms. The molecule has 1 heterocycles. The van der Waals surface area contributed by atoms with Gasteiger partial charge in [-0.2, -0.15) is 0 Å². The van der Waals surface area contributed by atoms with Gasteiger partial charge in [-0.1, -0.05) is 35.9 Å². The van der Waals surface area contributed by atoms with E-state index in [9.17, 15) is 4.79 Å². The van der Waals surface area contributed by atoms with E-state index in [1.165, 1.54) is 11.1 Å². The summed E-state index contributed by atoms with van der Waals surface area (Å²) in [6.45, 7) is 5.82. The van der Waals surface area contributed by atoms with Crippen molar-refractivity contribution in [3.05, 3.63) is 58.6 Å². The van der Waals surface area contributed by atoms with E-state index < -0.39 is 5.97 Å². The van der Waals surface area contributed by atoms with Gasteiger partial charge in [-0.15, -0.1) is 0 Å². The quantitative estimate of drug-likeness (QED) is 0.743. The highest BCUT2D eigenvalue weighted by Gasteiger charge is 2.32. The lowest BCUT2D eigenvalue weighted by Crippen LogP contribution is -2.49. The molecule has 0 aliphatic carbocycles. The first-order valence-electron chi connectivity index (χ1n) is 9.11. The summed E-state index contributed by atoms with van der Waals surface area (Å²) in [6, 6.07) is 14.3. The summed E-state index contributed by atoms with van der Waals surface area (Å²) >= 11 is 6.14. The first-order chi connectivity index (χ1) is 13.0. The largest absolute Gasteiger partial charge is 0.495 e. The number of rotatable bonds is 8. The Morgan fingerprint density at radius 1 is 1.26 bits per heavy atom. The maximum absolute atomic E-state index is 10.9. The molecule has 5 nitrogen and oxygen atoms in total. The topological polar surface area (TPSA) is 53.0 Å². The Morgan fingerprint density at radius 3 is 2.67 bits per heavy atom. The molecule has 2 aromatic carbocycles. The standard InChI is InChI=1S/C21H25ClN2O3/c1-3-24(18-7-8-19(22)20(10-18)27-2)12-16-6-4-5-15(9-16)11-23-13-17(14-23)21(25)26/h4-10,17H,3,11-14H2,1-2H3,(H,25,26). The highest BCUT2D eigenvalue weighted by atomic mass is 35.5. The Kier molecular flexibility index (Phi) is 6.24. The van der Waals surface area contributed by atoms with Crippen molar-refractivity contribution in [2.45, 2.75) is 20.0 Å². The Hall–Kier alpha value is -2.24. The minimum atomic E-state index is -0.697. The third kappa shape index (κ3) is 4.73. The average Bonchev–Trinajstić information content (AvgIpc) is 2.63. The van der Waals surface area contributed by atoms with Crippen LogP contribution in [0.25, 0.3) is 0 Å². The number of likely N-dealkylation sites (tertiary alicyclic amines) is 1. The molecule has 0 radical (unpaired) electrons. The molecule has 1 aliphatic rings. The first kappa shape index (κ1) is 19.5. The number of carboxylic acids is 1. The van der Waals surface area contributed by atoms with Crippen molar-refractivity contribution < 1.29 is 14.6 Å². The van der Waals surface area contributed by atoms with E-state index in [-0.39, 0.29) is 5.92 Å². The Bertz CT molecular complexity index is 806. The fourth-order valence-corrected chi connectivity index (χ4v) is 3.59. The minimum Gasteiger partial charge on any atom is -0.495 e. The van der Waals surface area contributed by atoms with Crippen LogP contribution < -0.4 is 9.64 Å². The van der Waals surface area contributed by atoms with Crippen molar-refractivity contribution in [1.82, 2.24) is 4.90 Å². The summed E-state index contributed by atoms with van der Waals surface area (Å²) in [4.78, 5) is 15.4. The van der Waals surface area contributed by atoms with Gasteiger partial charge in [-0.05, 0) is 30.2 Å². The Labute approximate surface area is 165 Å². The number of hydrogen-bond acceptors (Lipinski definition) is 4. The van der Waals surface area contributed by atoms with Crippen LogP contribution in [-0.2, 0) is 17.9 Å². The van der Waals surface area contributed by atoms with Gasteiger partial charge in [0.1, 0.15) is 5.75 Å². The molecule has 0 bridgehead atoms. The lowest BCUT2D eigenvalue weighted by molar-refractivity contribution is -0.147. The van der Waals surface area contributed by atoms with Gasteiger partial charge in [0.25, 0.3) is 0 Å². The second-order valence-electron chi connectivity index (χ2n) is 6.88. The molecule has 0 saturated carbocycles. The molecule has 1 saturated heterocycles. The molecule has 1 fully saturated rings. The summed E-state index contributed by atoms with van der Waals surface area (Å²) in [5, 5.41) is 9.61. The van der Waals surface area contributed by atoms with Gasteiger partial charge in [-0.3, -0.25) is 9.69 Å². The van der Waals surface area contributed by atoms with Gasteiger partial charge in [0.15, 0.2) is 0 Å². The average molecular weight is 389 g/mol. The number of aliphatic carboxylic acids is 1. The predicted molar refractivity (Wildman–Crippen MR) is 108 cm³/mol. The molecule has 1 aliphatic heterocycles. The van der Waals surface area contributed by atoms with Crippen LogP contribution in [-0.4, -0.2) is 42.7 Å². The molecule has 144 valence electrons. The van der Waals surface area contributed by atoms with Gasteiger partial charge >= 0.3 is 5.97 Å². The van der Waals surface area contributed by atoms with Crippen molar-refractivity contribution in [1.29, 1.82) is 0 Å². The Morgan fingerprint density at radius 2 is 2.00 bits per heavy atom. The molecule has 0 unspecified atom stereocenters. The summed E-state index contributed by atoms with van der Waals surface area (Å²) in [5.41, 5.74) is 3.50. The number of hydrogen-bond donors (Lipinski definition) is 1. The SMILES string of the molecule is CCN(Cc1cccc(CN2CC(C(=O)O)C2)c1)c1ccc(Cl)c(OC)c1. The summed E-state index contributed by atoms with van der Waals surface area (Å²) in [7, 11) is 1.62. The van der Waals surface area contributed by atoms with Crippen molar-refractivity contribution >= 4 is 23.3 Å². The van der Waals surface area contributed by atoms with E-state index in [0.29, 0.717) is 23.9 Å². The van der Waals surface area contributed by atoms with Gasteiger partial charge in [-0.25, -0.2) is 0 Å². The van der Waals surface area contributed by atoms with E-state index in [4.69, 9.17) is 21.4 Å². The van der Waals surface area contributed by atoms with Crippen molar-refractivity contribution in [2.75, 3.05) is 31.6 Å². The van der Waals surface area contributed by atoms with Crippen molar-refractivity contribution in [2.24, 2.45) is 5.92 Å². The van der Waals surface area contributed by atoms with E-state index in [1.807, 2.05) is 18.2 Å². The van der Waals surface area contributed by atoms with Crippen LogP contribution in [0.2, 0.25) is 5.02 Å². The third-order valence-electron chi connectivity index (χ3n) is 4.96. The fraction of sp³-hybridized carbons (Fsp3) is 0.381. The number of nitrogens with zero attached hydrogens (tertiary/aromatic N) is 2.